The molecular formula is C11H20N4O. The summed E-state index contributed by atoms with van der Waals surface area (Å²) in [5.74, 6) is 1.17. The van der Waals surface area contributed by atoms with Crippen LogP contribution in [0, 0.1) is 5.92 Å². The highest BCUT2D eigenvalue weighted by molar-refractivity contribution is 5.74. The number of primary amides is 1. The van der Waals surface area contributed by atoms with Gasteiger partial charge in [-0.15, -0.1) is 0 Å². The average molecular weight is 224 g/mol. The molecule has 0 aliphatic rings. The number of rotatable bonds is 6. The second-order valence-electron chi connectivity index (χ2n) is 4.51. The summed E-state index contributed by atoms with van der Waals surface area (Å²) in [6, 6.07) is 1.93. The van der Waals surface area contributed by atoms with Gasteiger partial charge in [-0.3, -0.25) is 4.79 Å². The van der Waals surface area contributed by atoms with Gasteiger partial charge >= 0.3 is 0 Å². The lowest BCUT2D eigenvalue weighted by atomic mass is 10.2. The first-order valence-corrected chi connectivity index (χ1v) is 5.55. The number of nitrogens with two attached hydrogens (primary N) is 1. The molecule has 0 saturated heterocycles. The predicted molar refractivity (Wildman–Crippen MR) is 64.0 cm³/mol. The maximum Gasteiger partial charge on any atom is 0.219 e. The highest BCUT2D eigenvalue weighted by atomic mass is 16.1. The first kappa shape index (κ1) is 12.5. The molecule has 0 saturated carbocycles. The van der Waals surface area contributed by atoms with Crippen molar-refractivity contribution in [1.29, 1.82) is 0 Å². The van der Waals surface area contributed by atoms with E-state index in [1.807, 2.05) is 17.7 Å². The average Bonchev–Trinajstić information content (AvgIpc) is 2.50. The molecule has 0 bridgehead atoms. The van der Waals surface area contributed by atoms with E-state index in [9.17, 15) is 4.79 Å². The van der Waals surface area contributed by atoms with Gasteiger partial charge in [-0.25, -0.2) is 4.68 Å². The summed E-state index contributed by atoms with van der Waals surface area (Å²) in [5, 5.41) is 7.45. The molecule has 0 radical (unpaired) electrons. The first-order chi connectivity index (χ1) is 7.49. The lowest BCUT2D eigenvalue weighted by molar-refractivity contribution is -0.118. The Morgan fingerprint density at radius 3 is 2.81 bits per heavy atom. The summed E-state index contributed by atoms with van der Waals surface area (Å²) in [4.78, 5) is 10.8. The minimum absolute atomic E-state index is 0.0279. The zero-order valence-electron chi connectivity index (χ0n) is 10.1. The molecule has 0 aliphatic heterocycles. The summed E-state index contributed by atoms with van der Waals surface area (Å²) < 4.78 is 1.90. The summed E-state index contributed by atoms with van der Waals surface area (Å²) in [6.07, 6.45) is 2.08. The fourth-order valence-electron chi connectivity index (χ4n) is 1.55. The molecule has 5 heteroatoms. The Labute approximate surface area is 96.0 Å². The van der Waals surface area contributed by atoms with Crippen molar-refractivity contribution in [1.82, 2.24) is 9.78 Å². The Balaban J connectivity index is 2.59. The van der Waals surface area contributed by atoms with Crippen LogP contribution in [0.2, 0.25) is 0 Å². The molecule has 0 spiro atoms. The number of hydrogen-bond donors (Lipinski definition) is 2. The van der Waals surface area contributed by atoms with Gasteiger partial charge < -0.3 is 11.1 Å². The van der Waals surface area contributed by atoms with Crippen LogP contribution in [-0.4, -0.2) is 21.7 Å². The van der Waals surface area contributed by atoms with Crippen molar-refractivity contribution >= 4 is 11.7 Å². The maximum absolute atomic E-state index is 10.8. The van der Waals surface area contributed by atoms with Crippen molar-refractivity contribution in [3.8, 4) is 0 Å². The van der Waals surface area contributed by atoms with Crippen LogP contribution in [-0.2, 0) is 11.3 Å². The summed E-state index contributed by atoms with van der Waals surface area (Å²) >= 11 is 0. The fourth-order valence-corrected chi connectivity index (χ4v) is 1.55. The molecule has 1 unspecified atom stereocenters. The number of amides is 1. The van der Waals surface area contributed by atoms with Crippen LogP contribution < -0.4 is 11.1 Å². The highest BCUT2D eigenvalue weighted by Gasteiger charge is 2.09. The minimum atomic E-state index is -0.296. The largest absolute Gasteiger partial charge is 0.370 e. The summed E-state index contributed by atoms with van der Waals surface area (Å²) in [5.41, 5.74) is 5.14. The molecule has 0 aliphatic carbocycles. The van der Waals surface area contributed by atoms with Crippen molar-refractivity contribution in [2.45, 2.75) is 39.8 Å². The smallest absolute Gasteiger partial charge is 0.219 e. The van der Waals surface area contributed by atoms with Gasteiger partial charge in [0.1, 0.15) is 5.82 Å². The van der Waals surface area contributed by atoms with Crippen LogP contribution in [0.4, 0.5) is 5.82 Å². The zero-order chi connectivity index (χ0) is 12.1. The number of hydrogen-bond acceptors (Lipinski definition) is 3. The fraction of sp³-hybridized carbons (Fsp3) is 0.636. The van der Waals surface area contributed by atoms with E-state index in [1.54, 1.807) is 6.20 Å². The number of anilines is 1. The SMILES string of the molecule is CC(C)Cn1nccc1NC(C)CC(N)=O. The Bertz CT molecular complexity index is 346. The topological polar surface area (TPSA) is 72.9 Å². The monoisotopic (exact) mass is 224 g/mol. The highest BCUT2D eigenvalue weighted by Crippen LogP contribution is 2.11. The zero-order valence-corrected chi connectivity index (χ0v) is 10.1. The number of nitrogens with zero attached hydrogens (tertiary/aromatic N) is 2. The summed E-state index contributed by atoms with van der Waals surface area (Å²) in [7, 11) is 0. The van der Waals surface area contributed by atoms with E-state index in [4.69, 9.17) is 5.73 Å². The molecular weight excluding hydrogens is 204 g/mol. The van der Waals surface area contributed by atoms with E-state index in [0.717, 1.165) is 12.4 Å². The van der Waals surface area contributed by atoms with Crippen molar-refractivity contribution in [2.75, 3.05) is 5.32 Å². The van der Waals surface area contributed by atoms with Crippen LogP contribution in [0.15, 0.2) is 12.3 Å². The Morgan fingerprint density at radius 2 is 2.25 bits per heavy atom. The van der Waals surface area contributed by atoms with E-state index < -0.39 is 0 Å². The molecule has 1 heterocycles. The van der Waals surface area contributed by atoms with E-state index in [2.05, 4.69) is 24.3 Å². The molecule has 5 nitrogen and oxygen atoms in total. The van der Waals surface area contributed by atoms with Crippen LogP contribution in [0.25, 0.3) is 0 Å². The molecule has 1 rings (SSSR count). The Hall–Kier alpha value is -1.52. The third kappa shape index (κ3) is 3.92. The van der Waals surface area contributed by atoms with Crippen LogP contribution in [0.1, 0.15) is 27.2 Å². The molecule has 0 fully saturated rings. The van der Waals surface area contributed by atoms with Crippen molar-refractivity contribution < 1.29 is 4.79 Å². The second-order valence-corrected chi connectivity index (χ2v) is 4.51. The van der Waals surface area contributed by atoms with Gasteiger partial charge in [0, 0.05) is 25.1 Å². The lowest BCUT2D eigenvalue weighted by Gasteiger charge is -2.15. The molecule has 1 aromatic heterocycles. The van der Waals surface area contributed by atoms with E-state index in [1.165, 1.54) is 0 Å². The van der Waals surface area contributed by atoms with Crippen molar-refractivity contribution in [3.63, 3.8) is 0 Å². The Kier molecular flexibility index (Phi) is 4.34. The second kappa shape index (κ2) is 5.53. The first-order valence-electron chi connectivity index (χ1n) is 5.55. The molecule has 3 N–H and O–H groups in total. The van der Waals surface area contributed by atoms with Gasteiger partial charge in [-0.2, -0.15) is 5.10 Å². The number of carbonyl (C=O) groups excluding carboxylic acids is 1. The third-order valence-corrected chi connectivity index (χ3v) is 2.16. The predicted octanol–water partition coefficient (Wildman–Crippen LogP) is 1.21. The standard InChI is InChI=1S/C11H20N4O/c1-8(2)7-15-11(4-5-13-15)14-9(3)6-10(12)16/h4-5,8-9,14H,6-7H2,1-3H3,(H2,12,16). The van der Waals surface area contributed by atoms with Crippen molar-refractivity contribution in [2.24, 2.45) is 11.7 Å². The summed E-state index contributed by atoms with van der Waals surface area (Å²) in [6.45, 7) is 7.06. The molecule has 16 heavy (non-hydrogen) atoms. The van der Waals surface area contributed by atoms with Crippen LogP contribution in [0.3, 0.4) is 0 Å². The molecule has 90 valence electrons. The van der Waals surface area contributed by atoms with Gasteiger partial charge in [-0.05, 0) is 12.8 Å². The number of carbonyl (C=O) groups is 1. The van der Waals surface area contributed by atoms with Gasteiger partial charge in [0.05, 0.1) is 6.20 Å². The maximum atomic E-state index is 10.8. The van der Waals surface area contributed by atoms with Crippen LogP contribution >= 0.6 is 0 Å². The van der Waals surface area contributed by atoms with Gasteiger partial charge in [0.25, 0.3) is 0 Å². The Morgan fingerprint density at radius 1 is 1.56 bits per heavy atom. The van der Waals surface area contributed by atoms with Gasteiger partial charge in [-0.1, -0.05) is 13.8 Å². The molecule has 1 atom stereocenters. The minimum Gasteiger partial charge on any atom is -0.370 e. The van der Waals surface area contributed by atoms with E-state index in [-0.39, 0.29) is 11.9 Å². The molecule has 1 aromatic rings. The van der Waals surface area contributed by atoms with E-state index in [0.29, 0.717) is 12.3 Å². The number of nitrogens with one attached hydrogen (secondary N) is 1. The van der Waals surface area contributed by atoms with Crippen LogP contribution in [0.5, 0.6) is 0 Å². The van der Waals surface area contributed by atoms with E-state index >= 15 is 0 Å². The quantitative estimate of drug-likeness (QED) is 0.763. The number of aromatic nitrogens is 2. The van der Waals surface area contributed by atoms with Crippen molar-refractivity contribution in [3.05, 3.63) is 12.3 Å². The lowest BCUT2D eigenvalue weighted by Crippen LogP contribution is -2.25. The molecule has 1 amide bonds. The molecule has 0 aromatic carbocycles. The third-order valence-electron chi connectivity index (χ3n) is 2.16. The van der Waals surface area contributed by atoms with Gasteiger partial charge in [0.15, 0.2) is 0 Å². The van der Waals surface area contributed by atoms with Gasteiger partial charge in [0.2, 0.25) is 5.91 Å². The normalized spacial score (nSPS) is 12.8.